The third-order valence-electron chi connectivity index (χ3n) is 3.68. The fourth-order valence-corrected chi connectivity index (χ4v) is 2.06. The molecule has 0 spiro atoms. The molecule has 0 bridgehead atoms. The molecule has 0 saturated heterocycles. The van der Waals surface area contributed by atoms with Gasteiger partial charge >= 0.3 is 0 Å². The molecule has 2 aromatic rings. The maximum atomic E-state index is 4.63. The van der Waals surface area contributed by atoms with E-state index >= 15 is 0 Å². The topological polar surface area (TPSA) is 67.1 Å². The standard InChI is InChI=1S/C17H24N6/c1-5-10-18-17(19-11-15-9-7-6-8-13(15)2)20-12-16-22-21-14(3)23(16)4/h5-9H,1,10-12H2,2-4H3,(H2,18,19,20). The Morgan fingerprint density at radius 3 is 2.70 bits per heavy atom. The molecule has 0 saturated carbocycles. The number of nitrogens with zero attached hydrogens (tertiary/aromatic N) is 4. The number of hydrogen-bond acceptors (Lipinski definition) is 3. The van der Waals surface area contributed by atoms with E-state index in [1.54, 1.807) is 6.08 Å². The molecule has 2 N–H and O–H groups in total. The average molecular weight is 312 g/mol. The van der Waals surface area contributed by atoms with Gasteiger partial charge in [-0.1, -0.05) is 30.3 Å². The highest BCUT2D eigenvalue weighted by molar-refractivity contribution is 5.79. The highest BCUT2D eigenvalue weighted by Crippen LogP contribution is 2.08. The summed E-state index contributed by atoms with van der Waals surface area (Å²) in [7, 11) is 1.95. The van der Waals surface area contributed by atoms with Crippen molar-refractivity contribution in [3.05, 3.63) is 59.7 Å². The summed E-state index contributed by atoms with van der Waals surface area (Å²) in [6, 6.07) is 8.26. The monoisotopic (exact) mass is 312 g/mol. The molecule has 0 unspecified atom stereocenters. The van der Waals surface area contributed by atoms with E-state index in [0.29, 0.717) is 19.6 Å². The predicted molar refractivity (Wildman–Crippen MR) is 93.1 cm³/mol. The third-order valence-corrected chi connectivity index (χ3v) is 3.68. The largest absolute Gasteiger partial charge is 0.353 e. The van der Waals surface area contributed by atoms with Crippen LogP contribution in [0.2, 0.25) is 0 Å². The van der Waals surface area contributed by atoms with Crippen LogP contribution in [0.3, 0.4) is 0 Å². The van der Waals surface area contributed by atoms with E-state index in [2.05, 4.69) is 51.5 Å². The van der Waals surface area contributed by atoms with Crippen LogP contribution in [-0.2, 0) is 20.1 Å². The zero-order valence-electron chi connectivity index (χ0n) is 14.0. The zero-order valence-corrected chi connectivity index (χ0v) is 14.0. The second-order valence-electron chi connectivity index (χ2n) is 5.34. The molecule has 1 heterocycles. The minimum Gasteiger partial charge on any atom is -0.353 e. The van der Waals surface area contributed by atoms with Crippen LogP contribution in [0.1, 0.15) is 22.8 Å². The molecule has 0 amide bonds. The summed E-state index contributed by atoms with van der Waals surface area (Å²) in [4.78, 5) is 4.63. The van der Waals surface area contributed by atoms with Gasteiger partial charge in [-0.2, -0.15) is 0 Å². The van der Waals surface area contributed by atoms with Crippen LogP contribution < -0.4 is 10.6 Å². The summed E-state index contributed by atoms with van der Waals surface area (Å²) in [5.41, 5.74) is 2.45. The Balaban J connectivity index is 2.04. The van der Waals surface area contributed by atoms with E-state index in [1.807, 2.05) is 30.7 Å². The van der Waals surface area contributed by atoms with E-state index in [4.69, 9.17) is 0 Å². The number of aryl methyl sites for hydroxylation is 2. The van der Waals surface area contributed by atoms with Gasteiger partial charge in [-0.3, -0.25) is 0 Å². The minimum atomic E-state index is 0.564. The summed E-state index contributed by atoms with van der Waals surface area (Å²) in [5.74, 6) is 2.49. The van der Waals surface area contributed by atoms with Gasteiger partial charge in [0.1, 0.15) is 5.82 Å². The fourth-order valence-electron chi connectivity index (χ4n) is 2.06. The van der Waals surface area contributed by atoms with E-state index in [-0.39, 0.29) is 0 Å². The van der Waals surface area contributed by atoms with Gasteiger partial charge in [-0.25, -0.2) is 4.99 Å². The quantitative estimate of drug-likeness (QED) is 0.485. The molecule has 1 aromatic heterocycles. The third kappa shape index (κ3) is 4.67. The number of aliphatic imine (C=N–C) groups is 1. The minimum absolute atomic E-state index is 0.564. The summed E-state index contributed by atoms with van der Waals surface area (Å²) in [6.07, 6.45) is 1.80. The first-order chi connectivity index (χ1) is 11.1. The maximum absolute atomic E-state index is 4.63. The number of hydrogen-bond donors (Lipinski definition) is 2. The molecule has 0 atom stereocenters. The number of benzene rings is 1. The predicted octanol–water partition coefficient (Wildman–Crippen LogP) is 1.85. The van der Waals surface area contributed by atoms with Gasteiger partial charge in [-0.15, -0.1) is 16.8 Å². The Bertz CT molecular complexity index is 686. The zero-order chi connectivity index (χ0) is 16.7. The summed E-state index contributed by atoms with van der Waals surface area (Å²) < 4.78 is 1.96. The van der Waals surface area contributed by atoms with E-state index in [0.717, 1.165) is 17.6 Å². The molecule has 6 heteroatoms. The number of nitrogens with one attached hydrogen (secondary N) is 2. The molecule has 0 radical (unpaired) electrons. The smallest absolute Gasteiger partial charge is 0.192 e. The first-order valence-corrected chi connectivity index (χ1v) is 7.64. The molecule has 6 nitrogen and oxygen atoms in total. The SMILES string of the molecule is C=CCNC(=NCc1ccccc1C)NCc1nnc(C)n1C. The Kier molecular flexibility index (Phi) is 5.91. The summed E-state index contributed by atoms with van der Waals surface area (Å²) in [5, 5.41) is 14.7. The van der Waals surface area contributed by atoms with Gasteiger partial charge in [0.2, 0.25) is 0 Å². The van der Waals surface area contributed by atoms with Crippen molar-refractivity contribution in [3.63, 3.8) is 0 Å². The second kappa shape index (κ2) is 8.12. The number of rotatable bonds is 6. The molecule has 23 heavy (non-hydrogen) atoms. The molecular formula is C17H24N6. The first kappa shape index (κ1) is 16.7. The van der Waals surface area contributed by atoms with Crippen LogP contribution >= 0.6 is 0 Å². The van der Waals surface area contributed by atoms with Crippen molar-refractivity contribution in [3.8, 4) is 0 Å². The number of guanidine groups is 1. The van der Waals surface area contributed by atoms with Gasteiger partial charge in [-0.05, 0) is 25.0 Å². The summed E-state index contributed by atoms with van der Waals surface area (Å²) >= 11 is 0. The molecule has 0 fully saturated rings. The lowest BCUT2D eigenvalue weighted by atomic mass is 10.1. The van der Waals surface area contributed by atoms with Gasteiger partial charge in [0, 0.05) is 13.6 Å². The molecule has 0 aliphatic heterocycles. The van der Waals surface area contributed by atoms with Crippen LogP contribution in [0.15, 0.2) is 41.9 Å². The van der Waals surface area contributed by atoms with Crippen LogP contribution in [0, 0.1) is 13.8 Å². The molecule has 122 valence electrons. The normalized spacial score (nSPS) is 11.3. The van der Waals surface area contributed by atoms with Crippen molar-refractivity contribution in [2.75, 3.05) is 6.54 Å². The molecule has 1 aromatic carbocycles. The van der Waals surface area contributed by atoms with Crippen molar-refractivity contribution in [2.45, 2.75) is 26.9 Å². The van der Waals surface area contributed by atoms with Gasteiger partial charge in [0.15, 0.2) is 11.8 Å². The lowest BCUT2D eigenvalue weighted by molar-refractivity contribution is 0.721. The van der Waals surface area contributed by atoms with Crippen molar-refractivity contribution in [2.24, 2.45) is 12.0 Å². The molecule has 0 aliphatic rings. The number of aromatic nitrogens is 3. The second-order valence-corrected chi connectivity index (χ2v) is 5.34. The Morgan fingerprint density at radius 1 is 1.26 bits per heavy atom. The van der Waals surface area contributed by atoms with E-state index < -0.39 is 0 Å². The highest BCUT2D eigenvalue weighted by atomic mass is 15.3. The van der Waals surface area contributed by atoms with Crippen molar-refractivity contribution < 1.29 is 0 Å². The van der Waals surface area contributed by atoms with Crippen LogP contribution in [-0.4, -0.2) is 27.3 Å². The molecular weight excluding hydrogens is 288 g/mol. The lowest BCUT2D eigenvalue weighted by Crippen LogP contribution is -2.37. The van der Waals surface area contributed by atoms with Gasteiger partial charge in [0.25, 0.3) is 0 Å². The van der Waals surface area contributed by atoms with Crippen LogP contribution in [0.25, 0.3) is 0 Å². The Labute approximate surface area is 137 Å². The molecule has 0 aliphatic carbocycles. The van der Waals surface area contributed by atoms with E-state index in [9.17, 15) is 0 Å². The average Bonchev–Trinajstić information content (AvgIpc) is 2.87. The van der Waals surface area contributed by atoms with Crippen LogP contribution in [0.5, 0.6) is 0 Å². The van der Waals surface area contributed by atoms with Crippen LogP contribution in [0.4, 0.5) is 0 Å². The van der Waals surface area contributed by atoms with Gasteiger partial charge in [0.05, 0.1) is 13.1 Å². The van der Waals surface area contributed by atoms with Crippen molar-refractivity contribution >= 4 is 5.96 Å². The summed E-state index contributed by atoms with van der Waals surface area (Å²) in [6.45, 7) is 9.59. The Hall–Kier alpha value is -2.63. The maximum Gasteiger partial charge on any atom is 0.192 e. The fraction of sp³-hybridized carbons (Fsp3) is 0.353. The van der Waals surface area contributed by atoms with E-state index in [1.165, 1.54) is 11.1 Å². The molecule has 2 rings (SSSR count). The van der Waals surface area contributed by atoms with Crippen molar-refractivity contribution in [1.29, 1.82) is 0 Å². The van der Waals surface area contributed by atoms with Gasteiger partial charge < -0.3 is 15.2 Å². The van der Waals surface area contributed by atoms with Crippen molar-refractivity contribution in [1.82, 2.24) is 25.4 Å². The highest BCUT2D eigenvalue weighted by Gasteiger charge is 2.06. The first-order valence-electron chi connectivity index (χ1n) is 7.64. The Morgan fingerprint density at radius 2 is 2.04 bits per heavy atom. The lowest BCUT2D eigenvalue weighted by Gasteiger charge is -2.11.